The molecule has 2 aliphatic heterocycles. The van der Waals surface area contributed by atoms with Crippen LogP contribution in [0.2, 0.25) is 0 Å². The number of hydrogen-bond donors (Lipinski definition) is 1. The first-order chi connectivity index (χ1) is 9.21. The third-order valence-electron chi connectivity index (χ3n) is 5.81. The minimum Gasteiger partial charge on any atom is -0.329 e. The summed E-state index contributed by atoms with van der Waals surface area (Å²) in [6.45, 7) is 12.8. The molecule has 2 N–H and O–H groups in total. The summed E-state index contributed by atoms with van der Waals surface area (Å²) in [4.78, 5) is 5.43. The van der Waals surface area contributed by atoms with Crippen LogP contribution >= 0.6 is 0 Å². The summed E-state index contributed by atoms with van der Waals surface area (Å²) in [7, 11) is 0. The van der Waals surface area contributed by atoms with Crippen molar-refractivity contribution >= 4 is 0 Å². The van der Waals surface area contributed by atoms with Crippen molar-refractivity contribution in [3.8, 4) is 0 Å². The first-order valence-electron chi connectivity index (χ1n) is 8.41. The number of rotatable bonds is 7. The van der Waals surface area contributed by atoms with Crippen molar-refractivity contribution in [1.29, 1.82) is 0 Å². The number of likely N-dealkylation sites (N-methyl/N-ethyl adjacent to an activating group) is 1. The quantitative estimate of drug-likeness (QED) is 0.768. The summed E-state index contributed by atoms with van der Waals surface area (Å²) in [6.07, 6.45) is 6.60. The van der Waals surface area contributed by atoms with Crippen LogP contribution in [-0.4, -0.2) is 54.1 Å². The minimum atomic E-state index is 0.272. The Morgan fingerprint density at radius 3 is 2.58 bits per heavy atom. The highest BCUT2D eigenvalue weighted by molar-refractivity contribution is 5.09. The fourth-order valence-electron chi connectivity index (χ4n) is 4.43. The lowest BCUT2D eigenvalue weighted by molar-refractivity contribution is 0.0537. The van der Waals surface area contributed by atoms with E-state index in [4.69, 9.17) is 5.73 Å². The molecule has 3 heteroatoms. The van der Waals surface area contributed by atoms with Crippen molar-refractivity contribution in [1.82, 2.24) is 9.80 Å². The lowest BCUT2D eigenvalue weighted by Crippen LogP contribution is -2.60. The molecule has 0 bridgehead atoms. The molecule has 19 heavy (non-hydrogen) atoms. The van der Waals surface area contributed by atoms with Gasteiger partial charge in [-0.2, -0.15) is 0 Å². The van der Waals surface area contributed by atoms with Gasteiger partial charge in [0.1, 0.15) is 0 Å². The van der Waals surface area contributed by atoms with Crippen LogP contribution in [0, 0.1) is 5.92 Å². The molecule has 2 unspecified atom stereocenters. The summed E-state index contributed by atoms with van der Waals surface area (Å²) >= 11 is 0. The van der Waals surface area contributed by atoms with Crippen LogP contribution < -0.4 is 5.73 Å². The molecule has 2 fully saturated rings. The summed E-state index contributed by atoms with van der Waals surface area (Å²) in [5, 5.41) is 0. The first-order valence-corrected chi connectivity index (χ1v) is 8.41. The van der Waals surface area contributed by atoms with Gasteiger partial charge in [0.2, 0.25) is 0 Å². The predicted octanol–water partition coefficient (Wildman–Crippen LogP) is 2.31. The monoisotopic (exact) mass is 267 g/mol. The molecule has 0 aromatic carbocycles. The zero-order valence-corrected chi connectivity index (χ0v) is 13.2. The van der Waals surface area contributed by atoms with E-state index >= 15 is 0 Å². The molecule has 2 rings (SSSR count). The molecule has 0 aliphatic carbocycles. The highest BCUT2D eigenvalue weighted by atomic mass is 15.3. The average molecular weight is 267 g/mol. The van der Waals surface area contributed by atoms with Gasteiger partial charge in [0.15, 0.2) is 0 Å². The van der Waals surface area contributed by atoms with Crippen LogP contribution in [0.3, 0.4) is 0 Å². The van der Waals surface area contributed by atoms with Crippen LogP contribution in [-0.2, 0) is 0 Å². The molecule has 3 nitrogen and oxygen atoms in total. The molecule has 2 saturated heterocycles. The maximum atomic E-state index is 6.29. The van der Waals surface area contributed by atoms with Crippen molar-refractivity contribution < 1.29 is 0 Å². The van der Waals surface area contributed by atoms with Gasteiger partial charge in [-0.05, 0) is 38.3 Å². The molecule has 0 amide bonds. The van der Waals surface area contributed by atoms with Gasteiger partial charge in [-0.15, -0.1) is 0 Å². The molecule has 0 radical (unpaired) electrons. The van der Waals surface area contributed by atoms with Gasteiger partial charge in [0, 0.05) is 31.2 Å². The summed E-state index contributed by atoms with van der Waals surface area (Å²) in [5.74, 6) is 0.832. The highest BCUT2D eigenvalue weighted by Crippen LogP contribution is 2.40. The van der Waals surface area contributed by atoms with E-state index in [1.165, 1.54) is 51.7 Å². The third kappa shape index (κ3) is 2.70. The fraction of sp³-hybridized carbons (Fsp3) is 1.00. The second-order valence-electron chi connectivity index (χ2n) is 6.47. The van der Waals surface area contributed by atoms with Crippen molar-refractivity contribution in [2.24, 2.45) is 11.7 Å². The lowest BCUT2D eigenvalue weighted by Gasteiger charge is -2.45. The van der Waals surface area contributed by atoms with Crippen LogP contribution in [0.5, 0.6) is 0 Å². The van der Waals surface area contributed by atoms with Crippen molar-refractivity contribution in [2.75, 3.05) is 32.7 Å². The molecule has 2 atom stereocenters. The smallest absolute Gasteiger partial charge is 0.0498 e. The molecule has 2 aliphatic rings. The predicted molar refractivity (Wildman–Crippen MR) is 82.3 cm³/mol. The van der Waals surface area contributed by atoms with Crippen molar-refractivity contribution in [2.45, 2.75) is 64.5 Å². The molecule has 2 heterocycles. The van der Waals surface area contributed by atoms with Gasteiger partial charge in [0.25, 0.3) is 0 Å². The zero-order valence-electron chi connectivity index (χ0n) is 13.2. The van der Waals surface area contributed by atoms with Gasteiger partial charge < -0.3 is 5.73 Å². The van der Waals surface area contributed by atoms with Gasteiger partial charge in [-0.1, -0.05) is 33.6 Å². The van der Waals surface area contributed by atoms with E-state index in [1.807, 2.05) is 0 Å². The average Bonchev–Trinajstić information content (AvgIpc) is 3.03. The molecular formula is C16H33N3. The molecule has 0 spiro atoms. The summed E-state index contributed by atoms with van der Waals surface area (Å²) in [6, 6.07) is 0.729. The number of hydrogen-bond acceptors (Lipinski definition) is 3. The van der Waals surface area contributed by atoms with E-state index < -0.39 is 0 Å². The van der Waals surface area contributed by atoms with Crippen LogP contribution in [0.1, 0.15) is 52.9 Å². The van der Waals surface area contributed by atoms with E-state index in [0.717, 1.165) is 25.0 Å². The maximum absolute atomic E-state index is 6.29. The summed E-state index contributed by atoms with van der Waals surface area (Å²) < 4.78 is 0. The Bertz CT molecular complexity index is 277. The normalized spacial score (nSPS) is 31.6. The molecule has 112 valence electrons. The Balaban J connectivity index is 2.13. The van der Waals surface area contributed by atoms with Crippen molar-refractivity contribution in [3.05, 3.63) is 0 Å². The first kappa shape index (κ1) is 15.3. The molecular weight excluding hydrogens is 234 g/mol. The lowest BCUT2D eigenvalue weighted by atomic mass is 9.85. The Morgan fingerprint density at radius 2 is 2.00 bits per heavy atom. The number of nitrogens with two attached hydrogens (primary N) is 1. The second kappa shape index (κ2) is 6.55. The molecule has 0 aromatic rings. The Hall–Kier alpha value is -0.120. The van der Waals surface area contributed by atoms with Gasteiger partial charge in [0.05, 0.1) is 0 Å². The standard InChI is InChI=1S/C16H33N3/c1-4-14(5-2)12-19(6-3)16(13-17)9-11-18-10-7-8-15(16)18/h14-15H,4-13,17H2,1-3H3. The molecule has 0 aromatic heterocycles. The second-order valence-corrected chi connectivity index (χ2v) is 6.47. The summed E-state index contributed by atoms with van der Waals surface area (Å²) in [5.41, 5.74) is 6.56. The zero-order chi connectivity index (χ0) is 13.9. The van der Waals surface area contributed by atoms with E-state index in [0.29, 0.717) is 0 Å². The maximum Gasteiger partial charge on any atom is 0.0498 e. The van der Waals surface area contributed by atoms with Crippen LogP contribution in [0.4, 0.5) is 0 Å². The third-order valence-corrected chi connectivity index (χ3v) is 5.81. The van der Waals surface area contributed by atoms with Gasteiger partial charge in [-0.3, -0.25) is 9.80 Å². The Morgan fingerprint density at radius 1 is 1.26 bits per heavy atom. The Kier molecular flexibility index (Phi) is 5.27. The van der Waals surface area contributed by atoms with Crippen LogP contribution in [0.15, 0.2) is 0 Å². The van der Waals surface area contributed by atoms with Crippen molar-refractivity contribution in [3.63, 3.8) is 0 Å². The van der Waals surface area contributed by atoms with E-state index in [2.05, 4.69) is 30.6 Å². The fourth-order valence-corrected chi connectivity index (χ4v) is 4.43. The number of fused-ring (bicyclic) bond motifs is 1. The molecule has 0 saturated carbocycles. The van der Waals surface area contributed by atoms with Crippen LogP contribution in [0.25, 0.3) is 0 Å². The van der Waals surface area contributed by atoms with E-state index in [1.54, 1.807) is 0 Å². The Labute approximate surface area is 119 Å². The van der Waals surface area contributed by atoms with Gasteiger partial charge >= 0.3 is 0 Å². The topological polar surface area (TPSA) is 32.5 Å². The highest BCUT2D eigenvalue weighted by Gasteiger charge is 2.51. The van der Waals surface area contributed by atoms with E-state index in [9.17, 15) is 0 Å². The van der Waals surface area contributed by atoms with E-state index in [-0.39, 0.29) is 5.54 Å². The van der Waals surface area contributed by atoms with Gasteiger partial charge in [-0.25, -0.2) is 0 Å². The minimum absolute atomic E-state index is 0.272. The largest absolute Gasteiger partial charge is 0.329 e. The number of nitrogens with zero attached hydrogens (tertiary/aromatic N) is 2. The SMILES string of the molecule is CCC(CC)CN(CC)C1(CN)CCN2CCCC21.